The second-order valence-electron chi connectivity index (χ2n) is 6.67. The monoisotopic (exact) mass is 283 g/mol. The molecule has 3 rings (SSSR count). The van der Waals surface area contributed by atoms with Crippen molar-refractivity contribution in [2.24, 2.45) is 5.92 Å². The lowest BCUT2D eigenvalue weighted by molar-refractivity contribution is 0.361. The average Bonchev–Trinajstić information content (AvgIpc) is 2.54. The fraction of sp³-hybridized carbons (Fsp3) is 0.667. The minimum atomic E-state index is 0.758. The van der Waals surface area contributed by atoms with Crippen LogP contribution in [0.25, 0.3) is 0 Å². The molecule has 0 aromatic carbocycles. The second kappa shape index (κ2) is 6.47. The molecule has 3 nitrogen and oxygen atoms in total. The summed E-state index contributed by atoms with van der Waals surface area (Å²) in [6, 6.07) is 4.45. The summed E-state index contributed by atoms with van der Waals surface area (Å²) in [7, 11) is 2.10. The van der Waals surface area contributed by atoms with E-state index in [4.69, 9.17) is 4.98 Å². The smallest absolute Gasteiger partial charge is 0.146 e. The van der Waals surface area contributed by atoms with E-state index in [0.29, 0.717) is 0 Å². The van der Waals surface area contributed by atoms with Gasteiger partial charge in [0.2, 0.25) is 0 Å². The van der Waals surface area contributed by atoms with Crippen LogP contribution in [-0.2, 0) is 12.8 Å². The van der Waals surface area contributed by atoms with E-state index in [1.807, 2.05) is 0 Å². The van der Waals surface area contributed by atoms with Gasteiger partial charge in [0.25, 0.3) is 0 Å². The van der Waals surface area contributed by atoms with Crippen LogP contribution in [0.4, 0.5) is 5.82 Å². The highest BCUT2D eigenvalue weighted by molar-refractivity contribution is 5.56. The number of aryl methyl sites for hydroxylation is 2. The third-order valence-corrected chi connectivity index (χ3v) is 5.02. The van der Waals surface area contributed by atoms with Gasteiger partial charge in [-0.25, -0.2) is 4.98 Å². The number of aromatic nitrogens is 1. The Balaban J connectivity index is 1.81. The first-order valence-corrected chi connectivity index (χ1v) is 8.42. The van der Waals surface area contributed by atoms with E-state index < -0.39 is 0 Å². The Morgan fingerprint density at radius 3 is 2.71 bits per heavy atom. The predicted octanol–water partition coefficient (Wildman–Crippen LogP) is 3.85. The molecule has 0 spiro atoms. The molecule has 1 fully saturated rings. The number of hydrogen-bond donors (Lipinski definition) is 0. The Kier molecular flexibility index (Phi) is 4.43. The first-order valence-electron chi connectivity index (χ1n) is 8.42. The lowest BCUT2D eigenvalue weighted by Crippen LogP contribution is -2.28. The lowest BCUT2D eigenvalue weighted by atomic mass is 9.89. The number of rotatable bonds is 3. The van der Waals surface area contributed by atoms with Crippen molar-refractivity contribution in [3.05, 3.63) is 22.9 Å². The molecule has 0 unspecified atom stereocenters. The third-order valence-electron chi connectivity index (χ3n) is 5.02. The fourth-order valence-electron chi connectivity index (χ4n) is 3.84. The highest BCUT2D eigenvalue weighted by atomic mass is 15.2. The van der Waals surface area contributed by atoms with Gasteiger partial charge < -0.3 is 4.90 Å². The van der Waals surface area contributed by atoms with Gasteiger partial charge in [-0.05, 0) is 56.1 Å². The molecule has 1 saturated carbocycles. The van der Waals surface area contributed by atoms with Crippen molar-refractivity contribution in [3.8, 4) is 6.07 Å². The molecule has 2 aliphatic carbocycles. The van der Waals surface area contributed by atoms with Gasteiger partial charge in [-0.1, -0.05) is 19.3 Å². The largest absolute Gasteiger partial charge is 0.358 e. The van der Waals surface area contributed by atoms with E-state index in [1.165, 1.54) is 56.2 Å². The molecular weight excluding hydrogens is 258 g/mol. The summed E-state index contributed by atoms with van der Waals surface area (Å²) in [5.41, 5.74) is 3.28. The van der Waals surface area contributed by atoms with Gasteiger partial charge in [-0.2, -0.15) is 5.26 Å². The Bertz CT molecular complexity index is 538. The van der Waals surface area contributed by atoms with Gasteiger partial charge in [-0.15, -0.1) is 0 Å². The summed E-state index contributed by atoms with van der Waals surface area (Å²) in [5.74, 6) is 1.68. The summed E-state index contributed by atoms with van der Waals surface area (Å²) >= 11 is 0. The minimum Gasteiger partial charge on any atom is -0.358 e. The SMILES string of the molecule is CN(CC1CCCCC1)c1nc2c(cc1C#N)CCCC2. The Hall–Kier alpha value is -1.56. The zero-order chi connectivity index (χ0) is 14.7. The maximum Gasteiger partial charge on any atom is 0.146 e. The maximum absolute atomic E-state index is 9.46. The van der Waals surface area contributed by atoms with E-state index in [0.717, 1.165) is 36.7 Å². The van der Waals surface area contributed by atoms with Crippen LogP contribution in [0.5, 0.6) is 0 Å². The van der Waals surface area contributed by atoms with Crippen molar-refractivity contribution in [2.45, 2.75) is 57.8 Å². The van der Waals surface area contributed by atoms with Crippen molar-refractivity contribution >= 4 is 5.82 Å². The van der Waals surface area contributed by atoms with E-state index in [-0.39, 0.29) is 0 Å². The minimum absolute atomic E-state index is 0.758. The number of fused-ring (bicyclic) bond motifs is 1. The number of nitrogens with zero attached hydrogens (tertiary/aromatic N) is 3. The first-order chi connectivity index (χ1) is 10.3. The van der Waals surface area contributed by atoms with Crippen LogP contribution in [0.3, 0.4) is 0 Å². The van der Waals surface area contributed by atoms with E-state index in [9.17, 15) is 5.26 Å². The molecule has 2 aliphatic rings. The molecule has 0 atom stereocenters. The normalized spacial score (nSPS) is 18.9. The fourth-order valence-corrected chi connectivity index (χ4v) is 3.84. The summed E-state index contributed by atoms with van der Waals surface area (Å²) < 4.78 is 0. The van der Waals surface area contributed by atoms with E-state index in [1.54, 1.807) is 0 Å². The topological polar surface area (TPSA) is 39.9 Å². The number of pyridine rings is 1. The molecule has 1 heterocycles. The summed E-state index contributed by atoms with van der Waals surface area (Å²) in [6.07, 6.45) is 11.4. The van der Waals surface area contributed by atoms with Crippen LogP contribution >= 0.6 is 0 Å². The van der Waals surface area contributed by atoms with Crippen LogP contribution in [0.1, 0.15) is 61.8 Å². The number of anilines is 1. The molecule has 112 valence electrons. The van der Waals surface area contributed by atoms with Gasteiger partial charge >= 0.3 is 0 Å². The number of hydrogen-bond acceptors (Lipinski definition) is 3. The first kappa shape index (κ1) is 14.4. The molecule has 0 saturated heterocycles. The molecule has 0 aliphatic heterocycles. The lowest BCUT2D eigenvalue weighted by Gasteiger charge is -2.29. The predicted molar refractivity (Wildman–Crippen MR) is 85.4 cm³/mol. The second-order valence-corrected chi connectivity index (χ2v) is 6.67. The zero-order valence-corrected chi connectivity index (χ0v) is 13.1. The molecule has 1 aromatic heterocycles. The molecule has 0 bridgehead atoms. The maximum atomic E-state index is 9.46. The van der Waals surface area contributed by atoms with Crippen LogP contribution < -0.4 is 4.90 Å². The molecule has 0 amide bonds. The molecule has 3 heteroatoms. The summed E-state index contributed by atoms with van der Waals surface area (Å²) in [6.45, 7) is 1.04. The molecule has 21 heavy (non-hydrogen) atoms. The van der Waals surface area contributed by atoms with Gasteiger partial charge in [0, 0.05) is 19.3 Å². The Labute approximate surface area is 128 Å². The van der Waals surface area contributed by atoms with Crippen molar-refractivity contribution < 1.29 is 0 Å². The van der Waals surface area contributed by atoms with Crippen molar-refractivity contribution in [1.82, 2.24) is 4.98 Å². The molecule has 1 aromatic rings. The van der Waals surface area contributed by atoms with Gasteiger partial charge in [0.05, 0.1) is 5.56 Å². The van der Waals surface area contributed by atoms with Crippen molar-refractivity contribution in [2.75, 3.05) is 18.5 Å². The Morgan fingerprint density at radius 2 is 1.95 bits per heavy atom. The van der Waals surface area contributed by atoms with Gasteiger partial charge in [-0.3, -0.25) is 0 Å². The van der Waals surface area contributed by atoms with Crippen molar-refractivity contribution in [3.63, 3.8) is 0 Å². The number of nitriles is 1. The highest BCUT2D eigenvalue weighted by Gasteiger charge is 2.20. The summed E-state index contributed by atoms with van der Waals surface area (Å²) in [4.78, 5) is 7.08. The molecular formula is C18H25N3. The van der Waals surface area contributed by atoms with Gasteiger partial charge in [0.1, 0.15) is 11.9 Å². The highest BCUT2D eigenvalue weighted by Crippen LogP contribution is 2.29. The van der Waals surface area contributed by atoms with Crippen molar-refractivity contribution in [1.29, 1.82) is 5.26 Å². The van der Waals surface area contributed by atoms with Crippen LogP contribution in [-0.4, -0.2) is 18.6 Å². The van der Waals surface area contributed by atoms with E-state index >= 15 is 0 Å². The standard InChI is InChI=1S/C18H25N3/c1-21(13-14-7-3-2-4-8-14)18-16(12-19)11-15-9-5-6-10-17(15)20-18/h11,14H,2-10,13H2,1H3. The van der Waals surface area contributed by atoms with Gasteiger partial charge in [0.15, 0.2) is 0 Å². The van der Waals surface area contributed by atoms with E-state index in [2.05, 4.69) is 24.1 Å². The van der Waals surface area contributed by atoms with Crippen LogP contribution in [0.2, 0.25) is 0 Å². The molecule has 0 N–H and O–H groups in total. The Morgan fingerprint density at radius 1 is 1.19 bits per heavy atom. The third kappa shape index (κ3) is 3.20. The van der Waals surface area contributed by atoms with Crippen LogP contribution in [0.15, 0.2) is 6.07 Å². The summed E-state index contributed by atoms with van der Waals surface area (Å²) in [5, 5.41) is 9.46. The average molecular weight is 283 g/mol. The quantitative estimate of drug-likeness (QED) is 0.846. The molecule has 0 radical (unpaired) electrons. The van der Waals surface area contributed by atoms with Crippen LogP contribution in [0, 0.1) is 17.2 Å². The zero-order valence-electron chi connectivity index (χ0n) is 13.1.